The van der Waals surface area contributed by atoms with Crippen molar-refractivity contribution in [1.29, 1.82) is 0 Å². The van der Waals surface area contributed by atoms with E-state index in [0.29, 0.717) is 17.2 Å². The summed E-state index contributed by atoms with van der Waals surface area (Å²) in [7, 11) is 1.79. The van der Waals surface area contributed by atoms with Crippen LogP contribution in [0.4, 0.5) is 5.82 Å². The summed E-state index contributed by atoms with van der Waals surface area (Å²) in [6.45, 7) is 0.265. The zero-order chi connectivity index (χ0) is 13.8. The molecule has 0 aliphatic carbocycles. The molecular weight excluding hydrogens is 270 g/mol. The molecule has 19 heavy (non-hydrogen) atoms. The number of halogens is 1. The SMILES string of the molecule is Cn1cnnc1CNC(=O)c1cc(Cl)nc(NN)c1. The monoisotopic (exact) mass is 281 g/mol. The molecule has 0 fully saturated rings. The van der Waals surface area contributed by atoms with Gasteiger partial charge in [0, 0.05) is 12.6 Å². The molecule has 0 saturated carbocycles. The summed E-state index contributed by atoms with van der Waals surface area (Å²) < 4.78 is 1.71. The molecule has 0 atom stereocenters. The van der Waals surface area contributed by atoms with E-state index in [1.165, 1.54) is 12.1 Å². The van der Waals surface area contributed by atoms with E-state index in [4.69, 9.17) is 17.4 Å². The number of aromatic nitrogens is 4. The first-order valence-electron chi connectivity index (χ1n) is 5.35. The lowest BCUT2D eigenvalue weighted by Crippen LogP contribution is -2.24. The Balaban J connectivity index is 2.08. The minimum atomic E-state index is -0.302. The van der Waals surface area contributed by atoms with E-state index in [9.17, 15) is 4.79 Å². The Labute approximate surface area is 114 Å². The Morgan fingerprint density at radius 1 is 1.53 bits per heavy atom. The van der Waals surface area contributed by atoms with Crippen molar-refractivity contribution >= 4 is 23.3 Å². The van der Waals surface area contributed by atoms with Crippen molar-refractivity contribution in [2.24, 2.45) is 12.9 Å². The number of carbonyl (C=O) groups excluding carboxylic acids is 1. The van der Waals surface area contributed by atoms with Crippen LogP contribution in [-0.4, -0.2) is 25.7 Å². The van der Waals surface area contributed by atoms with Crippen LogP contribution in [0.25, 0.3) is 0 Å². The highest BCUT2D eigenvalue weighted by molar-refractivity contribution is 6.29. The number of aryl methyl sites for hydroxylation is 1. The van der Waals surface area contributed by atoms with Crippen LogP contribution in [0.3, 0.4) is 0 Å². The number of nitrogens with two attached hydrogens (primary N) is 1. The van der Waals surface area contributed by atoms with Crippen LogP contribution in [0.2, 0.25) is 5.15 Å². The maximum Gasteiger partial charge on any atom is 0.251 e. The van der Waals surface area contributed by atoms with Crippen molar-refractivity contribution in [2.45, 2.75) is 6.54 Å². The van der Waals surface area contributed by atoms with Gasteiger partial charge in [0.25, 0.3) is 5.91 Å². The Morgan fingerprint density at radius 2 is 2.32 bits per heavy atom. The van der Waals surface area contributed by atoms with Crippen LogP contribution in [0.15, 0.2) is 18.5 Å². The van der Waals surface area contributed by atoms with Gasteiger partial charge in [-0.05, 0) is 12.1 Å². The Morgan fingerprint density at radius 3 is 2.95 bits per heavy atom. The third-order valence-electron chi connectivity index (χ3n) is 2.42. The number of nitrogens with zero attached hydrogens (tertiary/aromatic N) is 4. The van der Waals surface area contributed by atoms with Crippen LogP contribution >= 0.6 is 11.6 Å². The topological polar surface area (TPSA) is 111 Å². The van der Waals surface area contributed by atoms with Gasteiger partial charge in [0.2, 0.25) is 0 Å². The predicted octanol–water partition coefficient (Wildman–Crippen LogP) is 0.0791. The standard InChI is InChI=1S/C10H12ClN7O/c1-18-5-14-17-9(18)4-13-10(19)6-2-7(11)15-8(3-6)16-12/h2-3,5H,4,12H2,1H3,(H,13,19)(H,15,16). The molecule has 8 nitrogen and oxygen atoms in total. The molecule has 0 radical (unpaired) electrons. The quantitative estimate of drug-likeness (QED) is 0.416. The molecule has 2 aromatic heterocycles. The molecule has 100 valence electrons. The van der Waals surface area contributed by atoms with Crippen molar-refractivity contribution in [1.82, 2.24) is 25.1 Å². The van der Waals surface area contributed by atoms with Gasteiger partial charge in [0.15, 0.2) is 5.82 Å². The first-order valence-corrected chi connectivity index (χ1v) is 5.73. The van der Waals surface area contributed by atoms with Crippen molar-refractivity contribution < 1.29 is 4.79 Å². The number of anilines is 1. The van der Waals surface area contributed by atoms with Gasteiger partial charge in [-0.15, -0.1) is 10.2 Å². The van der Waals surface area contributed by atoms with E-state index >= 15 is 0 Å². The first kappa shape index (κ1) is 13.2. The fourth-order valence-electron chi connectivity index (χ4n) is 1.43. The average molecular weight is 282 g/mol. The van der Waals surface area contributed by atoms with Gasteiger partial charge in [0.05, 0.1) is 6.54 Å². The maximum atomic E-state index is 11.9. The molecule has 2 heterocycles. The summed E-state index contributed by atoms with van der Waals surface area (Å²) in [6.07, 6.45) is 1.56. The third kappa shape index (κ3) is 3.18. The molecule has 0 spiro atoms. The van der Waals surface area contributed by atoms with Gasteiger partial charge in [-0.1, -0.05) is 11.6 Å². The predicted molar refractivity (Wildman–Crippen MR) is 69.2 cm³/mol. The summed E-state index contributed by atoms with van der Waals surface area (Å²) >= 11 is 5.78. The molecule has 9 heteroatoms. The zero-order valence-corrected chi connectivity index (χ0v) is 10.8. The molecule has 2 aromatic rings. The Kier molecular flexibility index (Phi) is 3.93. The molecule has 0 aromatic carbocycles. The van der Waals surface area contributed by atoms with E-state index < -0.39 is 0 Å². The lowest BCUT2D eigenvalue weighted by atomic mass is 10.2. The number of pyridine rings is 1. The lowest BCUT2D eigenvalue weighted by Gasteiger charge is -2.06. The van der Waals surface area contributed by atoms with Gasteiger partial charge in [-0.3, -0.25) is 4.79 Å². The maximum absolute atomic E-state index is 11.9. The molecule has 0 aliphatic heterocycles. The van der Waals surface area contributed by atoms with Gasteiger partial charge in [-0.2, -0.15) is 0 Å². The molecule has 4 N–H and O–H groups in total. The van der Waals surface area contributed by atoms with E-state index in [-0.39, 0.29) is 17.6 Å². The summed E-state index contributed by atoms with van der Waals surface area (Å²) in [5, 5.41) is 10.5. The van der Waals surface area contributed by atoms with Crippen LogP contribution in [-0.2, 0) is 13.6 Å². The van der Waals surface area contributed by atoms with Crippen LogP contribution in [0.1, 0.15) is 16.2 Å². The molecule has 2 rings (SSSR count). The molecule has 0 saturated heterocycles. The van der Waals surface area contributed by atoms with Crippen molar-refractivity contribution in [3.05, 3.63) is 35.0 Å². The van der Waals surface area contributed by atoms with Crippen molar-refractivity contribution in [3.63, 3.8) is 0 Å². The van der Waals surface area contributed by atoms with E-state index in [2.05, 4.69) is 25.9 Å². The highest BCUT2D eigenvalue weighted by Gasteiger charge is 2.10. The highest BCUT2D eigenvalue weighted by atomic mass is 35.5. The smallest absolute Gasteiger partial charge is 0.251 e. The number of amides is 1. The minimum absolute atomic E-state index is 0.180. The summed E-state index contributed by atoms with van der Waals surface area (Å²) in [5.41, 5.74) is 2.70. The average Bonchev–Trinajstić information content (AvgIpc) is 2.80. The van der Waals surface area contributed by atoms with Crippen molar-refractivity contribution in [3.8, 4) is 0 Å². The van der Waals surface area contributed by atoms with Crippen LogP contribution < -0.4 is 16.6 Å². The number of hydrogen-bond donors (Lipinski definition) is 3. The van der Waals surface area contributed by atoms with Gasteiger partial charge >= 0.3 is 0 Å². The molecule has 1 amide bonds. The lowest BCUT2D eigenvalue weighted by molar-refractivity contribution is 0.0949. The molecule has 0 unspecified atom stereocenters. The highest BCUT2D eigenvalue weighted by Crippen LogP contribution is 2.13. The number of rotatable bonds is 4. The fourth-order valence-corrected chi connectivity index (χ4v) is 1.64. The second kappa shape index (κ2) is 5.63. The summed E-state index contributed by atoms with van der Waals surface area (Å²) in [6, 6.07) is 2.95. The number of nitrogens with one attached hydrogen (secondary N) is 2. The van der Waals surface area contributed by atoms with E-state index in [0.717, 1.165) is 0 Å². The van der Waals surface area contributed by atoms with Crippen LogP contribution in [0, 0.1) is 0 Å². The fraction of sp³-hybridized carbons (Fsp3) is 0.200. The third-order valence-corrected chi connectivity index (χ3v) is 2.61. The molecule has 0 bridgehead atoms. The molecular formula is C10H12ClN7O. The first-order chi connectivity index (χ1) is 9.10. The largest absolute Gasteiger partial charge is 0.345 e. The second-order valence-electron chi connectivity index (χ2n) is 3.75. The Hall–Kier alpha value is -2.19. The number of nitrogen functional groups attached to an aromatic ring is 1. The summed E-state index contributed by atoms with van der Waals surface area (Å²) in [4.78, 5) is 15.8. The van der Waals surface area contributed by atoms with E-state index in [1.807, 2.05) is 0 Å². The number of carbonyl (C=O) groups is 1. The number of hydrazine groups is 1. The zero-order valence-electron chi connectivity index (χ0n) is 10.1. The van der Waals surface area contributed by atoms with E-state index in [1.54, 1.807) is 17.9 Å². The number of hydrogen-bond acceptors (Lipinski definition) is 6. The Bertz CT molecular complexity index is 597. The molecule has 0 aliphatic rings. The normalized spacial score (nSPS) is 10.3. The van der Waals surface area contributed by atoms with Crippen molar-refractivity contribution in [2.75, 3.05) is 5.43 Å². The van der Waals surface area contributed by atoms with Gasteiger partial charge in [0.1, 0.15) is 17.3 Å². The summed E-state index contributed by atoms with van der Waals surface area (Å²) in [5.74, 6) is 5.89. The van der Waals surface area contributed by atoms with Gasteiger partial charge < -0.3 is 15.3 Å². The minimum Gasteiger partial charge on any atom is -0.345 e. The van der Waals surface area contributed by atoms with Gasteiger partial charge in [-0.25, -0.2) is 10.8 Å². The second-order valence-corrected chi connectivity index (χ2v) is 4.14. The van der Waals surface area contributed by atoms with Crippen LogP contribution in [0.5, 0.6) is 0 Å².